The molecule has 0 spiro atoms. The molecule has 3 aromatic rings. The number of nitrogens with zero attached hydrogens (tertiary/aromatic N) is 4. The van der Waals surface area contributed by atoms with E-state index in [-0.39, 0.29) is 23.2 Å². The number of aromatic amines is 1. The lowest BCUT2D eigenvalue weighted by atomic mass is 10.2. The summed E-state index contributed by atoms with van der Waals surface area (Å²) in [5.74, 6) is 0.109. The molecular formula is C19H20N6O3S. The van der Waals surface area contributed by atoms with E-state index in [0.29, 0.717) is 11.0 Å². The number of carbonyl (C=O) groups excluding carboxylic acids is 1. The van der Waals surface area contributed by atoms with Crippen LogP contribution in [0.25, 0.3) is 5.69 Å². The molecule has 2 heterocycles. The monoisotopic (exact) mass is 412 g/mol. The average Bonchev–Trinajstić information content (AvgIpc) is 3.43. The number of hydrogen-bond acceptors (Lipinski definition) is 7. The van der Waals surface area contributed by atoms with Gasteiger partial charge in [0.1, 0.15) is 17.2 Å². The Hall–Kier alpha value is -3.14. The number of benzene rings is 1. The van der Waals surface area contributed by atoms with E-state index in [0.717, 1.165) is 24.1 Å². The number of nitrogens with one attached hydrogen (secondary N) is 1. The van der Waals surface area contributed by atoms with Crippen LogP contribution in [0.4, 0.5) is 5.82 Å². The summed E-state index contributed by atoms with van der Waals surface area (Å²) in [4.78, 5) is 39.3. The fourth-order valence-electron chi connectivity index (χ4n) is 3.26. The van der Waals surface area contributed by atoms with Crippen molar-refractivity contribution in [2.45, 2.75) is 37.9 Å². The molecule has 0 unspecified atom stereocenters. The summed E-state index contributed by atoms with van der Waals surface area (Å²) in [6.07, 6.45) is 1.61. The third kappa shape index (κ3) is 3.51. The van der Waals surface area contributed by atoms with Crippen molar-refractivity contribution >= 4 is 23.4 Å². The molecule has 1 aliphatic rings. The number of carbonyl (C=O) groups is 1. The lowest BCUT2D eigenvalue weighted by molar-refractivity contribution is 0.102. The number of nitrogen functional groups attached to an aromatic ring is 1. The number of para-hydroxylation sites is 1. The number of aromatic nitrogens is 5. The van der Waals surface area contributed by atoms with Gasteiger partial charge in [0.05, 0.1) is 11.4 Å². The molecule has 2 aromatic heterocycles. The standard InChI is InChI=1S/C19H20N6O3S/c1-10-5-3-4-6-13(10)24-11(2)22-23-19(24)29-9-14(26)15-16(20)25(12-7-8-12)18(28)21-17(15)27/h3-6,12H,7-9,20H2,1-2H3,(H,21,27,28). The van der Waals surface area contributed by atoms with Crippen LogP contribution in [0, 0.1) is 13.8 Å². The first-order valence-corrected chi connectivity index (χ1v) is 10.2. The molecule has 0 bridgehead atoms. The molecule has 0 aliphatic heterocycles. The van der Waals surface area contributed by atoms with Crippen molar-refractivity contribution in [3.05, 3.63) is 62.1 Å². The Morgan fingerprint density at radius 2 is 1.97 bits per heavy atom. The summed E-state index contributed by atoms with van der Waals surface area (Å²) in [5.41, 5.74) is 6.47. The van der Waals surface area contributed by atoms with Crippen LogP contribution >= 0.6 is 11.8 Å². The van der Waals surface area contributed by atoms with Crippen LogP contribution in [-0.2, 0) is 0 Å². The van der Waals surface area contributed by atoms with E-state index in [1.54, 1.807) is 0 Å². The second kappa shape index (κ2) is 7.36. The Balaban J connectivity index is 1.63. The van der Waals surface area contributed by atoms with Gasteiger partial charge in [0.25, 0.3) is 5.56 Å². The first-order chi connectivity index (χ1) is 13.9. The fourth-order valence-corrected chi connectivity index (χ4v) is 4.12. The Morgan fingerprint density at radius 1 is 1.24 bits per heavy atom. The van der Waals surface area contributed by atoms with Gasteiger partial charge in [0.15, 0.2) is 10.9 Å². The number of thioether (sulfide) groups is 1. The maximum atomic E-state index is 12.8. The molecule has 3 N–H and O–H groups in total. The SMILES string of the molecule is Cc1ccccc1-n1c(C)nnc1SCC(=O)c1c(N)n(C2CC2)c(=O)[nH]c1=O. The predicted molar refractivity (Wildman–Crippen MR) is 110 cm³/mol. The van der Waals surface area contributed by atoms with Crippen molar-refractivity contribution in [3.8, 4) is 5.69 Å². The molecule has 0 saturated heterocycles. The largest absolute Gasteiger partial charge is 0.384 e. The zero-order valence-electron chi connectivity index (χ0n) is 16.0. The zero-order valence-corrected chi connectivity index (χ0v) is 16.8. The van der Waals surface area contributed by atoms with Gasteiger partial charge >= 0.3 is 5.69 Å². The summed E-state index contributed by atoms with van der Waals surface area (Å²) in [5, 5.41) is 8.82. The number of nitrogens with two attached hydrogens (primary N) is 1. The van der Waals surface area contributed by atoms with E-state index in [4.69, 9.17) is 5.73 Å². The van der Waals surface area contributed by atoms with Gasteiger partial charge in [0.2, 0.25) is 0 Å². The molecule has 1 saturated carbocycles. The molecule has 0 atom stereocenters. The van der Waals surface area contributed by atoms with E-state index >= 15 is 0 Å². The van der Waals surface area contributed by atoms with Crippen LogP contribution in [0.5, 0.6) is 0 Å². The summed E-state index contributed by atoms with van der Waals surface area (Å²) >= 11 is 1.17. The first-order valence-electron chi connectivity index (χ1n) is 9.16. The van der Waals surface area contributed by atoms with E-state index in [1.165, 1.54) is 16.3 Å². The van der Waals surface area contributed by atoms with Crippen molar-refractivity contribution in [3.63, 3.8) is 0 Å². The second-order valence-corrected chi connectivity index (χ2v) is 7.93. The maximum Gasteiger partial charge on any atom is 0.330 e. The molecule has 1 aromatic carbocycles. The number of ketones is 1. The maximum absolute atomic E-state index is 12.8. The average molecular weight is 412 g/mol. The summed E-state index contributed by atoms with van der Waals surface area (Å²) in [6.45, 7) is 3.81. The van der Waals surface area contributed by atoms with Crippen LogP contribution in [0.1, 0.15) is 40.6 Å². The highest BCUT2D eigenvalue weighted by molar-refractivity contribution is 7.99. The highest BCUT2D eigenvalue weighted by atomic mass is 32.2. The third-order valence-electron chi connectivity index (χ3n) is 4.86. The van der Waals surface area contributed by atoms with Crippen molar-refractivity contribution in [1.82, 2.24) is 24.3 Å². The Labute approximate surface area is 170 Å². The number of aryl methyl sites for hydroxylation is 2. The minimum Gasteiger partial charge on any atom is -0.384 e. The molecule has 1 fully saturated rings. The molecule has 10 heteroatoms. The summed E-state index contributed by atoms with van der Waals surface area (Å²) < 4.78 is 3.17. The number of H-pyrrole nitrogens is 1. The zero-order chi connectivity index (χ0) is 20.7. The van der Waals surface area contributed by atoms with E-state index in [2.05, 4.69) is 15.2 Å². The minimum absolute atomic E-state index is 0.0506. The highest BCUT2D eigenvalue weighted by Crippen LogP contribution is 2.35. The van der Waals surface area contributed by atoms with Gasteiger partial charge < -0.3 is 5.73 Å². The van der Waals surface area contributed by atoms with Crippen molar-refractivity contribution < 1.29 is 4.79 Å². The highest BCUT2D eigenvalue weighted by Gasteiger charge is 2.30. The molecular weight excluding hydrogens is 392 g/mol. The van der Waals surface area contributed by atoms with Gasteiger partial charge in [-0.2, -0.15) is 0 Å². The molecule has 0 radical (unpaired) electrons. The normalized spacial score (nSPS) is 13.6. The summed E-state index contributed by atoms with van der Waals surface area (Å²) in [6, 6.07) is 7.74. The van der Waals surface area contributed by atoms with Crippen LogP contribution in [0.2, 0.25) is 0 Å². The van der Waals surface area contributed by atoms with E-state index in [9.17, 15) is 14.4 Å². The Bertz CT molecular complexity index is 1220. The van der Waals surface area contributed by atoms with Crippen LogP contribution in [-0.4, -0.2) is 35.9 Å². The fraction of sp³-hybridized carbons (Fsp3) is 0.316. The van der Waals surface area contributed by atoms with Crippen LogP contribution in [0.3, 0.4) is 0 Å². The van der Waals surface area contributed by atoms with Crippen molar-refractivity contribution in [2.75, 3.05) is 11.5 Å². The van der Waals surface area contributed by atoms with Gasteiger partial charge in [-0.05, 0) is 38.3 Å². The molecule has 150 valence electrons. The van der Waals surface area contributed by atoms with Gasteiger partial charge in [-0.1, -0.05) is 30.0 Å². The second-order valence-electron chi connectivity index (χ2n) is 6.98. The molecule has 29 heavy (non-hydrogen) atoms. The quantitative estimate of drug-likeness (QED) is 0.465. The van der Waals surface area contributed by atoms with Crippen molar-refractivity contribution in [1.29, 1.82) is 0 Å². The Kier molecular flexibility index (Phi) is 4.87. The molecule has 4 rings (SSSR count). The minimum atomic E-state index is -0.758. The van der Waals surface area contributed by atoms with Gasteiger partial charge in [0, 0.05) is 6.04 Å². The lowest BCUT2D eigenvalue weighted by Gasteiger charge is -2.12. The van der Waals surface area contributed by atoms with E-state index < -0.39 is 17.0 Å². The molecule has 9 nitrogen and oxygen atoms in total. The Morgan fingerprint density at radius 3 is 2.66 bits per heavy atom. The van der Waals surface area contributed by atoms with E-state index in [1.807, 2.05) is 42.7 Å². The van der Waals surface area contributed by atoms with Gasteiger partial charge in [-0.15, -0.1) is 10.2 Å². The van der Waals surface area contributed by atoms with Crippen LogP contribution < -0.4 is 17.0 Å². The lowest BCUT2D eigenvalue weighted by Crippen LogP contribution is -2.36. The smallest absolute Gasteiger partial charge is 0.330 e. The number of Topliss-reactive ketones (excluding diaryl/α,β-unsaturated/α-hetero) is 1. The predicted octanol–water partition coefficient (Wildman–Crippen LogP) is 1.63. The molecule has 0 amide bonds. The third-order valence-corrected chi connectivity index (χ3v) is 5.79. The number of anilines is 1. The number of rotatable bonds is 6. The van der Waals surface area contributed by atoms with Gasteiger partial charge in [-0.25, -0.2) is 4.79 Å². The molecule has 1 aliphatic carbocycles. The topological polar surface area (TPSA) is 129 Å². The summed E-state index contributed by atoms with van der Waals surface area (Å²) in [7, 11) is 0. The van der Waals surface area contributed by atoms with Crippen LogP contribution in [0.15, 0.2) is 39.0 Å². The number of hydrogen-bond donors (Lipinski definition) is 2. The van der Waals surface area contributed by atoms with Gasteiger partial charge in [-0.3, -0.25) is 23.7 Å². The van der Waals surface area contributed by atoms with Crippen molar-refractivity contribution in [2.24, 2.45) is 0 Å². The first kappa shape index (κ1) is 19.2.